The van der Waals surface area contributed by atoms with Crippen molar-refractivity contribution in [2.45, 2.75) is 108 Å². The van der Waals surface area contributed by atoms with Gasteiger partial charge in [0.2, 0.25) is 5.91 Å². The van der Waals surface area contributed by atoms with Gasteiger partial charge in [0, 0.05) is 13.0 Å². The number of ether oxygens (including phenoxy) is 1. The molecule has 4 aliphatic rings. The van der Waals surface area contributed by atoms with E-state index in [0.29, 0.717) is 44.4 Å². The number of hydrogen-bond acceptors (Lipinski definition) is 6. The van der Waals surface area contributed by atoms with E-state index in [4.69, 9.17) is 15.3 Å². The summed E-state index contributed by atoms with van der Waals surface area (Å²) in [5.41, 5.74) is 6.72. The second kappa shape index (κ2) is 14.5. The molecule has 0 bridgehead atoms. The van der Waals surface area contributed by atoms with Crippen molar-refractivity contribution < 1.29 is 24.0 Å². The summed E-state index contributed by atoms with van der Waals surface area (Å²) in [4.78, 5) is 51.5. The van der Waals surface area contributed by atoms with Crippen LogP contribution in [0.4, 0.5) is 4.79 Å². The van der Waals surface area contributed by atoms with Crippen LogP contribution in [0.2, 0.25) is 0 Å². The van der Waals surface area contributed by atoms with Crippen LogP contribution < -0.4 is 5.73 Å². The van der Waals surface area contributed by atoms with Crippen LogP contribution in [0.15, 0.2) is 30.3 Å². The van der Waals surface area contributed by atoms with Crippen molar-refractivity contribution in [3.63, 3.8) is 0 Å². The zero-order valence-electron chi connectivity index (χ0n) is 24.5. The Balaban J connectivity index is 1.40. The molecule has 9 nitrogen and oxygen atoms in total. The van der Waals surface area contributed by atoms with E-state index in [1.165, 1.54) is 30.7 Å². The summed E-state index contributed by atoms with van der Waals surface area (Å²) in [5.74, 6) is 0.545. The second-order valence-electron chi connectivity index (χ2n) is 12.5. The van der Waals surface area contributed by atoms with Crippen LogP contribution in [0.3, 0.4) is 0 Å². The summed E-state index contributed by atoms with van der Waals surface area (Å²) >= 11 is 0. The third-order valence-electron chi connectivity index (χ3n) is 9.42. The van der Waals surface area contributed by atoms with Gasteiger partial charge >= 0.3 is 6.09 Å². The second-order valence-corrected chi connectivity index (χ2v) is 12.5. The molecule has 2 saturated heterocycles. The van der Waals surface area contributed by atoms with Gasteiger partial charge in [-0.2, -0.15) is 5.06 Å². The Labute approximate surface area is 244 Å². The summed E-state index contributed by atoms with van der Waals surface area (Å²) in [6.07, 6.45) is 11.7. The number of rotatable bonds is 10. The summed E-state index contributed by atoms with van der Waals surface area (Å²) in [6, 6.07) is 9.01. The number of amides is 3. The van der Waals surface area contributed by atoms with Crippen LogP contribution in [-0.2, 0) is 25.6 Å². The highest BCUT2D eigenvalue weighted by atomic mass is 16.7. The number of hydroxylamine groups is 2. The van der Waals surface area contributed by atoms with Crippen LogP contribution >= 0.6 is 0 Å². The molecule has 2 aliphatic heterocycles. The molecule has 3 atom stereocenters. The number of nitrogens with two attached hydrogens (primary N) is 1. The van der Waals surface area contributed by atoms with E-state index in [9.17, 15) is 14.4 Å². The molecule has 0 aromatic heterocycles. The van der Waals surface area contributed by atoms with Crippen molar-refractivity contribution in [3.8, 4) is 0 Å². The molecule has 2 saturated carbocycles. The fourth-order valence-electron chi connectivity index (χ4n) is 7.13. The third-order valence-corrected chi connectivity index (χ3v) is 9.42. The maximum atomic E-state index is 14.0. The average molecular weight is 569 g/mol. The molecule has 226 valence electrons. The number of nitrogens with zero attached hydrogens (tertiary/aromatic N) is 3. The van der Waals surface area contributed by atoms with E-state index in [1.807, 2.05) is 35.2 Å². The Bertz CT molecular complexity index is 1010. The Morgan fingerprint density at radius 1 is 0.902 bits per heavy atom. The monoisotopic (exact) mass is 568 g/mol. The summed E-state index contributed by atoms with van der Waals surface area (Å²) < 4.78 is 5.85. The Hall–Kier alpha value is -2.65. The number of benzene rings is 1. The van der Waals surface area contributed by atoms with Gasteiger partial charge in [-0.05, 0) is 68.9 Å². The molecule has 2 aliphatic carbocycles. The smallest absolute Gasteiger partial charge is 0.436 e. The Morgan fingerprint density at radius 2 is 1.59 bits per heavy atom. The molecule has 41 heavy (non-hydrogen) atoms. The number of unbranched alkanes of at least 4 members (excludes halogenated alkanes) is 1. The van der Waals surface area contributed by atoms with Gasteiger partial charge in [-0.25, -0.2) is 4.79 Å². The molecular formula is C32H48N4O5. The minimum atomic E-state index is -0.911. The minimum Gasteiger partial charge on any atom is -0.448 e. The van der Waals surface area contributed by atoms with Crippen molar-refractivity contribution in [3.05, 3.63) is 35.9 Å². The number of carbonyl (C=O) groups excluding carboxylic acids is 3. The van der Waals surface area contributed by atoms with E-state index >= 15 is 0 Å². The quantitative estimate of drug-likeness (QED) is 0.413. The number of carbonyl (C=O) groups is 3. The lowest BCUT2D eigenvalue weighted by atomic mass is 9.88. The van der Waals surface area contributed by atoms with Gasteiger partial charge in [0.05, 0.1) is 13.2 Å². The van der Waals surface area contributed by atoms with E-state index < -0.39 is 24.4 Å². The first-order chi connectivity index (χ1) is 20.0. The topological polar surface area (TPSA) is 105 Å². The van der Waals surface area contributed by atoms with Crippen LogP contribution in [0.25, 0.3) is 0 Å². The van der Waals surface area contributed by atoms with Crippen molar-refractivity contribution >= 4 is 17.9 Å². The molecule has 1 aromatic carbocycles. The van der Waals surface area contributed by atoms with Crippen LogP contribution in [0.1, 0.15) is 89.0 Å². The molecule has 9 heteroatoms. The maximum Gasteiger partial charge on any atom is 0.436 e. The van der Waals surface area contributed by atoms with Gasteiger partial charge in [-0.3, -0.25) is 14.4 Å². The predicted octanol–water partition coefficient (Wildman–Crippen LogP) is 4.64. The Kier molecular flexibility index (Phi) is 10.5. The first-order valence-electron chi connectivity index (χ1n) is 16.0. The van der Waals surface area contributed by atoms with Crippen molar-refractivity contribution in [1.82, 2.24) is 14.9 Å². The van der Waals surface area contributed by atoms with Gasteiger partial charge < -0.3 is 20.3 Å². The highest BCUT2D eigenvalue weighted by Gasteiger charge is 2.53. The Morgan fingerprint density at radius 3 is 2.27 bits per heavy atom. The lowest BCUT2D eigenvalue weighted by Gasteiger charge is -2.53. The summed E-state index contributed by atoms with van der Waals surface area (Å²) in [5, 5.41) is 1.29. The van der Waals surface area contributed by atoms with Crippen LogP contribution in [0, 0.1) is 11.8 Å². The lowest BCUT2D eigenvalue weighted by Crippen LogP contribution is -2.74. The van der Waals surface area contributed by atoms with Gasteiger partial charge in [-0.1, -0.05) is 68.9 Å². The maximum absolute atomic E-state index is 14.0. The molecule has 1 aromatic rings. The number of fused-ring (bicyclic) bond motifs is 1. The van der Waals surface area contributed by atoms with Gasteiger partial charge in [-0.15, -0.1) is 0 Å². The predicted molar refractivity (Wildman–Crippen MR) is 155 cm³/mol. The zero-order valence-corrected chi connectivity index (χ0v) is 24.5. The van der Waals surface area contributed by atoms with E-state index in [0.717, 1.165) is 56.9 Å². The SMILES string of the molecule is NCCCC[C@H]1C(=O)N(CC2CCCCC2)C[C@@H]2N(C(=O)OCC3CCCCC3)O[C@@H](Cc3ccccc3)C(=O)N21. The highest BCUT2D eigenvalue weighted by Crippen LogP contribution is 2.33. The van der Waals surface area contributed by atoms with Gasteiger partial charge in [0.1, 0.15) is 6.04 Å². The van der Waals surface area contributed by atoms with Gasteiger partial charge in [0.25, 0.3) is 5.91 Å². The molecule has 0 spiro atoms. The normalized spacial score (nSPS) is 26.3. The standard InChI is InChI=1S/C32H48N4O5/c33-19-11-10-18-27-30(37)34(21-25-14-6-2-7-15-25)22-29-35(27)31(38)28(20-24-12-4-1-5-13-24)41-36(29)32(39)40-23-26-16-8-3-9-17-26/h1,4-5,12-13,25-29H,2-3,6-11,14-23,33H2/t27-,28-,29-/m0/s1. The lowest BCUT2D eigenvalue weighted by molar-refractivity contribution is -0.267. The molecular weight excluding hydrogens is 520 g/mol. The molecule has 5 rings (SSSR count). The molecule has 2 heterocycles. The van der Waals surface area contributed by atoms with E-state index in [2.05, 4.69) is 0 Å². The molecule has 2 N–H and O–H groups in total. The molecule has 0 unspecified atom stereocenters. The van der Waals surface area contributed by atoms with E-state index in [-0.39, 0.29) is 18.4 Å². The van der Waals surface area contributed by atoms with Crippen molar-refractivity contribution in [1.29, 1.82) is 0 Å². The van der Waals surface area contributed by atoms with Gasteiger partial charge in [0.15, 0.2) is 12.3 Å². The van der Waals surface area contributed by atoms with Crippen LogP contribution in [0.5, 0.6) is 0 Å². The van der Waals surface area contributed by atoms with Crippen LogP contribution in [-0.4, -0.2) is 77.3 Å². The summed E-state index contributed by atoms with van der Waals surface area (Å²) in [7, 11) is 0. The molecule has 0 radical (unpaired) electrons. The third kappa shape index (κ3) is 7.41. The molecule has 4 fully saturated rings. The van der Waals surface area contributed by atoms with Crippen molar-refractivity contribution in [2.24, 2.45) is 17.6 Å². The van der Waals surface area contributed by atoms with Crippen molar-refractivity contribution in [2.75, 3.05) is 26.2 Å². The molecule has 3 amide bonds. The first kappa shape index (κ1) is 29.8. The first-order valence-corrected chi connectivity index (χ1v) is 16.0. The zero-order chi connectivity index (χ0) is 28.6. The average Bonchev–Trinajstić information content (AvgIpc) is 3.00. The summed E-state index contributed by atoms with van der Waals surface area (Å²) in [6.45, 7) is 1.78. The largest absolute Gasteiger partial charge is 0.448 e. The van der Waals surface area contributed by atoms with E-state index in [1.54, 1.807) is 4.90 Å². The minimum absolute atomic E-state index is 0.0203. The fourth-order valence-corrected chi connectivity index (χ4v) is 7.13. The number of piperazine rings is 1. The number of hydrogen-bond donors (Lipinski definition) is 1. The fraction of sp³-hybridized carbons (Fsp3) is 0.719. The highest BCUT2D eigenvalue weighted by molar-refractivity contribution is 5.92.